The van der Waals surface area contributed by atoms with Crippen molar-refractivity contribution in [3.63, 3.8) is 0 Å². The van der Waals surface area contributed by atoms with Crippen LogP contribution in [-0.2, 0) is 0 Å². The van der Waals surface area contributed by atoms with Gasteiger partial charge in [-0.25, -0.2) is 0 Å². The van der Waals surface area contributed by atoms with Crippen molar-refractivity contribution in [3.05, 3.63) is 17.5 Å². The maximum Gasteiger partial charge on any atom is 0.0598 e. The van der Waals surface area contributed by atoms with Crippen molar-refractivity contribution in [3.8, 4) is 12.3 Å². The molecule has 0 bridgehead atoms. The highest BCUT2D eigenvalue weighted by molar-refractivity contribution is 8.01. The summed E-state index contributed by atoms with van der Waals surface area (Å²) in [5.41, 5.74) is 0. The molecule has 0 radical (unpaired) electrons. The van der Waals surface area contributed by atoms with Crippen LogP contribution in [0.2, 0.25) is 0 Å². The summed E-state index contributed by atoms with van der Waals surface area (Å²) < 4.78 is 1.39. The van der Waals surface area contributed by atoms with Crippen molar-refractivity contribution in [2.75, 3.05) is 5.75 Å². The first kappa shape index (κ1) is 8.70. The molecule has 58 valence electrons. The van der Waals surface area contributed by atoms with Crippen LogP contribution in [0.1, 0.15) is 12.8 Å². The van der Waals surface area contributed by atoms with Crippen LogP contribution in [0.5, 0.6) is 0 Å². The first-order chi connectivity index (χ1) is 5.43. The van der Waals surface area contributed by atoms with E-state index in [1.165, 1.54) is 4.21 Å². The summed E-state index contributed by atoms with van der Waals surface area (Å²) in [6, 6.07) is 4.22. The summed E-state index contributed by atoms with van der Waals surface area (Å²) >= 11 is 3.68. The fraction of sp³-hybridized carbons (Fsp3) is 0.333. The van der Waals surface area contributed by atoms with Gasteiger partial charge in [0.25, 0.3) is 0 Å². The van der Waals surface area contributed by atoms with Gasteiger partial charge in [0, 0.05) is 6.42 Å². The Bertz CT molecular complexity index is 218. The van der Waals surface area contributed by atoms with E-state index in [0.717, 1.165) is 18.6 Å². The molecule has 2 heteroatoms. The zero-order valence-corrected chi connectivity index (χ0v) is 7.88. The third-order valence-corrected chi connectivity index (χ3v) is 3.42. The molecule has 0 aliphatic heterocycles. The van der Waals surface area contributed by atoms with Crippen LogP contribution in [-0.4, -0.2) is 5.75 Å². The minimum absolute atomic E-state index is 0.901. The van der Waals surface area contributed by atoms with Gasteiger partial charge in [-0.3, -0.25) is 0 Å². The van der Waals surface area contributed by atoms with Gasteiger partial charge in [-0.2, -0.15) is 0 Å². The number of rotatable bonds is 4. The highest BCUT2D eigenvalue weighted by atomic mass is 32.2. The molecule has 0 unspecified atom stereocenters. The van der Waals surface area contributed by atoms with Crippen molar-refractivity contribution in [2.45, 2.75) is 17.1 Å². The molecular weight excluding hydrogens is 172 g/mol. The Hall–Kier alpha value is -0.390. The van der Waals surface area contributed by atoms with Gasteiger partial charge in [0.1, 0.15) is 0 Å². The van der Waals surface area contributed by atoms with Crippen LogP contribution < -0.4 is 0 Å². The molecule has 1 rings (SSSR count). The Morgan fingerprint density at radius 3 is 3.18 bits per heavy atom. The molecule has 11 heavy (non-hydrogen) atoms. The summed E-state index contributed by atoms with van der Waals surface area (Å²) in [6.45, 7) is 0. The Labute approximate surface area is 76.0 Å². The van der Waals surface area contributed by atoms with Crippen molar-refractivity contribution in [1.29, 1.82) is 0 Å². The van der Waals surface area contributed by atoms with Crippen LogP contribution in [0.4, 0.5) is 0 Å². The second kappa shape index (κ2) is 5.29. The predicted molar refractivity (Wildman–Crippen MR) is 53.1 cm³/mol. The maximum absolute atomic E-state index is 5.13. The van der Waals surface area contributed by atoms with Gasteiger partial charge in [0.2, 0.25) is 0 Å². The SMILES string of the molecule is C#CCCCSc1cccs1. The molecule has 0 atom stereocenters. The third kappa shape index (κ3) is 3.50. The van der Waals surface area contributed by atoms with Gasteiger partial charge in [-0.1, -0.05) is 6.07 Å². The van der Waals surface area contributed by atoms with Crippen molar-refractivity contribution in [2.24, 2.45) is 0 Å². The number of thioether (sulfide) groups is 1. The summed E-state index contributed by atoms with van der Waals surface area (Å²) in [5.74, 6) is 3.78. The molecule has 1 aromatic heterocycles. The lowest BCUT2D eigenvalue weighted by Gasteiger charge is -1.93. The Morgan fingerprint density at radius 1 is 1.64 bits per heavy atom. The largest absolute Gasteiger partial charge is 0.137 e. The van der Waals surface area contributed by atoms with E-state index in [1.54, 1.807) is 11.3 Å². The molecule has 0 aliphatic rings. The summed E-state index contributed by atoms with van der Waals surface area (Å²) in [6.07, 6.45) is 7.16. The first-order valence-corrected chi connectivity index (χ1v) is 5.40. The van der Waals surface area contributed by atoms with E-state index in [2.05, 4.69) is 23.4 Å². The standard InChI is InChI=1S/C9H10S2/c1-2-3-4-7-10-9-6-5-8-11-9/h1,5-6,8H,3-4,7H2. The van der Waals surface area contributed by atoms with Crippen LogP contribution in [0.15, 0.2) is 21.7 Å². The zero-order valence-electron chi connectivity index (χ0n) is 6.25. The van der Waals surface area contributed by atoms with E-state index < -0.39 is 0 Å². The zero-order chi connectivity index (χ0) is 7.94. The molecule has 0 saturated carbocycles. The number of unbranched alkanes of at least 4 members (excludes halogenated alkanes) is 1. The monoisotopic (exact) mass is 182 g/mol. The highest BCUT2D eigenvalue weighted by Crippen LogP contribution is 2.23. The van der Waals surface area contributed by atoms with Gasteiger partial charge >= 0.3 is 0 Å². The topological polar surface area (TPSA) is 0 Å². The Kier molecular flexibility index (Phi) is 4.18. The molecule has 0 aromatic carbocycles. The van der Waals surface area contributed by atoms with Crippen molar-refractivity contribution < 1.29 is 0 Å². The van der Waals surface area contributed by atoms with Gasteiger partial charge in [-0.15, -0.1) is 35.4 Å². The van der Waals surface area contributed by atoms with E-state index in [0.29, 0.717) is 0 Å². The van der Waals surface area contributed by atoms with Crippen LogP contribution >= 0.6 is 23.1 Å². The lowest BCUT2D eigenvalue weighted by atomic mass is 10.4. The van der Waals surface area contributed by atoms with Gasteiger partial charge in [0.15, 0.2) is 0 Å². The van der Waals surface area contributed by atoms with E-state index in [1.807, 2.05) is 11.8 Å². The molecule has 0 nitrogen and oxygen atoms in total. The molecule has 0 amide bonds. The fourth-order valence-corrected chi connectivity index (χ4v) is 2.49. The molecule has 1 aromatic rings. The lowest BCUT2D eigenvalue weighted by Crippen LogP contribution is -1.75. The Balaban J connectivity index is 2.10. The fourth-order valence-electron chi connectivity index (χ4n) is 0.693. The lowest BCUT2D eigenvalue weighted by molar-refractivity contribution is 0.998. The minimum atomic E-state index is 0.901. The van der Waals surface area contributed by atoms with Gasteiger partial charge in [0.05, 0.1) is 4.21 Å². The number of thiophene rings is 1. The quantitative estimate of drug-likeness (QED) is 0.391. The van der Waals surface area contributed by atoms with E-state index >= 15 is 0 Å². The normalized spacial score (nSPS) is 9.36. The van der Waals surface area contributed by atoms with Gasteiger partial charge in [-0.05, 0) is 23.6 Å². The second-order valence-electron chi connectivity index (χ2n) is 2.09. The smallest absolute Gasteiger partial charge is 0.0598 e. The molecule has 0 aliphatic carbocycles. The van der Waals surface area contributed by atoms with Gasteiger partial charge < -0.3 is 0 Å². The summed E-state index contributed by atoms with van der Waals surface area (Å²) in [5, 5.41) is 2.10. The first-order valence-electron chi connectivity index (χ1n) is 3.53. The number of hydrogen-bond donors (Lipinski definition) is 0. The molecule has 0 fully saturated rings. The third-order valence-electron chi connectivity index (χ3n) is 1.20. The Morgan fingerprint density at radius 2 is 2.55 bits per heavy atom. The van der Waals surface area contributed by atoms with Crippen molar-refractivity contribution >= 4 is 23.1 Å². The predicted octanol–water partition coefficient (Wildman–Crippen LogP) is 3.25. The van der Waals surface area contributed by atoms with Crippen LogP contribution in [0.3, 0.4) is 0 Å². The molecule has 1 heterocycles. The highest BCUT2D eigenvalue weighted by Gasteiger charge is 1.92. The summed E-state index contributed by atoms with van der Waals surface area (Å²) in [7, 11) is 0. The van der Waals surface area contributed by atoms with Crippen LogP contribution in [0.25, 0.3) is 0 Å². The van der Waals surface area contributed by atoms with Crippen LogP contribution in [0, 0.1) is 12.3 Å². The molecule has 0 spiro atoms. The van der Waals surface area contributed by atoms with E-state index in [4.69, 9.17) is 6.42 Å². The van der Waals surface area contributed by atoms with E-state index in [-0.39, 0.29) is 0 Å². The van der Waals surface area contributed by atoms with E-state index in [9.17, 15) is 0 Å². The number of hydrogen-bond acceptors (Lipinski definition) is 2. The molecule has 0 N–H and O–H groups in total. The number of terminal acetylenes is 1. The average molecular weight is 182 g/mol. The average Bonchev–Trinajstić information content (AvgIpc) is 2.50. The maximum atomic E-state index is 5.13. The minimum Gasteiger partial charge on any atom is -0.137 e. The molecular formula is C9H10S2. The molecule has 0 saturated heterocycles. The van der Waals surface area contributed by atoms with Crippen molar-refractivity contribution in [1.82, 2.24) is 0 Å². The summed E-state index contributed by atoms with van der Waals surface area (Å²) in [4.78, 5) is 0. The second-order valence-corrected chi connectivity index (χ2v) is 4.43.